The molecule has 1 aliphatic heterocycles. The van der Waals surface area contributed by atoms with Gasteiger partial charge in [0.2, 0.25) is 0 Å². The fourth-order valence-electron chi connectivity index (χ4n) is 2.16. The molecule has 1 fully saturated rings. The van der Waals surface area contributed by atoms with Crippen molar-refractivity contribution in [3.05, 3.63) is 18.1 Å². The van der Waals surface area contributed by atoms with Crippen molar-refractivity contribution in [3.8, 4) is 0 Å². The van der Waals surface area contributed by atoms with Gasteiger partial charge in [-0.3, -0.25) is 4.79 Å². The average Bonchev–Trinajstić information content (AvgIpc) is 2.38. The fourth-order valence-corrected chi connectivity index (χ4v) is 2.16. The van der Waals surface area contributed by atoms with E-state index in [1.165, 1.54) is 7.11 Å². The van der Waals surface area contributed by atoms with E-state index in [1.54, 1.807) is 6.33 Å². The van der Waals surface area contributed by atoms with Gasteiger partial charge in [0, 0.05) is 24.8 Å². The summed E-state index contributed by atoms with van der Waals surface area (Å²) in [6.45, 7) is 3.56. The number of piperidine rings is 1. The first-order valence-corrected chi connectivity index (χ1v) is 5.82. The number of esters is 1. The molecular formula is C12H17N3O2. The molecule has 1 aliphatic rings. The van der Waals surface area contributed by atoms with E-state index in [0.717, 1.165) is 30.9 Å². The molecule has 92 valence electrons. The lowest BCUT2D eigenvalue weighted by Crippen LogP contribution is -2.39. The largest absolute Gasteiger partial charge is 0.469 e. The first-order chi connectivity index (χ1) is 8.20. The number of rotatable bonds is 2. The number of anilines is 1. The van der Waals surface area contributed by atoms with Gasteiger partial charge in [-0.2, -0.15) is 0 Å². The van der Waals surface area contributed by atoms with Crippen LogP contribution < -0.4 is 4.90 Å². The normalized spacial score (nSPS) is 20.1. The number of aromatic nitrogens is 2. The number of hydrogen-bond acceptors (Lipinski definition) is 5. The molecule has 0 spiro atoms. The smallest absolute Gasteiger partial charge is 0.310 e. The number of methoxy groups -OCH3 is 1. The van der Waals surface area contributed by atoms with Crippen molar-refractivity contribution in [2.45, 2.75) is 19.8 Å². The highest BCUT2D eigenvalue weighted by molar-refractivity contribution is 5.73. The Bertz CT molecular complexity index is 408. The Morgan fingerprint density at radius 1 is 1.53 bits per heavy atom. The van der Waals surface area contributed by atoms with Gasteiger partial charge in [-0.15, -0.1) is 0 Å². The van der Waals surface area contributed by atoms with Gasteiger partial charge in [0.25, 0.3) is 0 Å². The summed E-state index contributed by atoms with van der Waals surface area (Å²) in [5.41, 5.74) is 0.940. The highest BCUT2D eigenvalue weighted by Gasteiger charge is 2.27. The molecule has 1 atom stereocenters. The Kier molecular flexibility index (Phi) is 3.56. The lowest BCUT2D eigenvalue weighted by Gasteiger charge is -2.32. The van der Waals surface area contributed by atoms with Gasteiger partial charge in [-0.1, -0.05) is 0 Å². The number of hydrogen-bond donors (Lipinski definition) is 0. The van der Waals surface area contributed by atoms with Crippen molar-refractivity contribution in [2.75, 3.05) is 25.1 Å². The predicted octanol–water partition coefficient (Wildman–Crippen LogP) is 1.17. The van der Waals surface area contributed by atoms with Gasteiger partial charge in [0.05, 0.1) is 13.0 Å². The number of ether oxygens (including phenoxy) is 1. The summed E-state index contributed by atoms with van der Waals surface area (Å²) in [6, 6.07) is 1.94. The molecule has 0 amide bonds. The summed E-state index contributed by atoms with van der Waals surface area (Å²) >= 11 is 0. The molecule has 17 heavy (non-hydrogen) atoms. The van der Waals surface area contributed by atoms with Crippen LogP contribution in [-0.4, -0.2) is 36.1 Å². The summed E-state index contributed by atoms with van der Waals surface area (Å²) in [5, 5.41) is 0. The van der Waals surface area contributed by atoms with Crippen LogP contribution in [0.5, 0.6) is 0 Å². The summed E-state index contributed by atoms with van der Waals surface area (Å²) in [5.74, 6) is 0.732. The Labute approximate surface area is 101 Å². The van der Waals surface area contributed by atoms with Crippen LogP contribution >= 0.6 is 0 Å². The van der Waals surface area contributed by atoms with Crippen molar-refractivity contribution >= 4 is 11.8 Å². The van der Waals surface area contributed by atoms with Gasteiger partial charge in [0.1, 0.15) is 12.1 Å². The van der Waals surface area contributed by atoms with Gasteiger partial charge in [0.15, 0.2) is 0 Å². The van der Waals surface area contributed by atoms with E-state index in [9.17, 15) is 4.79 Å². The first-order valence-electron chi connectivity index (χ1n) is 5.82. The third-order valence-electron chi connectivity index (χ3n) is 3.07. The highest BCUT2D eigenvalue weighted by Crippen LogP contribution is 2.22. The minimum absolute atomic E-state index is 0.0379. The fraction of sp³-hybridized carbons (Fsp3) is 0.583. The van der Waals surface area contributed by atoms with Crippen LogP contribution in [0.25, 0.3) is 0 Å². The average molecular weight is 235 g/mol. The monoisotopic (exact) mass is 235 g/mol. The molecule has 0 radical (unpaired) electrons. The third kappa shape index (κ3) is 2.72. The van der Waals surface area contributed by atoms with E-state index in [1.807, 2.05) is 13.0 Å². The second kappa shape index (κ2) is 5.12. The molecule has 0 N–H and O–H groups in total. The zero-order valence-electron chi connectivity index (χ0n) is 10.2. The molecule has 1 aromatic rings. The van der Waals surface area contributed by atoms with Crippen molar-refractivity contribution < 1.29 is 9.53 Å². The Balaban J connectivity index is 2.09. The molecule has 2 heterocycles. The highest BCUT2D eigenvalue weighted by atomic mass is 16.5. The molecule has 0 aromatic carbocycles. The maximum Gasteiger partial charge on any atom is 0.310 e. The Morgan fingerprint density at radius 3 is 3.06 bits per heavy atom. The van der Waals surface area contributed by atoms with Crippen LogP contribution in [0.1, 0.15) is 18.5 Å². The zero-order valence-corrected chi connectivity index (χ0v) is 10.2. The molecule has 1 unspecified atom stereocenters. The molecule has 0 saturated carbocycles. The Hall–Kier alpha value is -1.65. The summed E-state index contributed by atoms with van der Waals surface area (Å²) < 4.78 is 4.80. The van der Waals surface area contributed by atoms with Crippen molar-refractivity contribution in [3.63, 3.8) is 0 Å². The van der Waals surface area contributed by atoms with E-state index in [4.69, 9.17) is 4.74 Å². The molecule has 2 rings (SSSR count). The SMILES string of the molecule is COC(=O)C1CCCN(c2cc(C)ncn2)C1. The second-order valence-corrected chi connectivity index (χ2v) is 4.33. The van der Waals surface area contributed by atoms with E-state index in [2.05, 4.69) is 14.9 Å². The molecule has 5 heteroatoms. The molecule has 1 saturated heterocycles. The summed E-state index contributed by atoms with van der Waals surface area (Å²) in [6.07, 6.45) is 3.45. The molecular weight excluding hydrogens is 218 g/mol. The number of carbonyl (C=O) groups excluding carboxylic acids is 1. The van der Waals surface area contributed by atoms with Gasteiger partial charge in [-0.25, -0.2) is 9.97 Å². The summed E-state index contributed by atoms with van der Waals surface area (Å²) in [4.78, 5) is 22.0. The van der Waals surface area contributed by atoms with Crippen LogP contribution in [0.4, 0.5) is 5.82 Å². The second-order valence-electron chi connectivity index (χ2n) is 4.33. The molecule has 5 nitrogen and oxygen atoms in total. The molecule has 0 bridgehead atoms. The van der Waals surface area contributed by atoms with Crippen LogP contribution in [-0.2, 0) is 9.53 Å². The van der Waals surface area contributed by atoms with E-state index in [-0.39, 0.29) is 11.9 Å². The van der Waals surface area contributed by atoms with Gasteiger partial charge in [-0.05, 0) is 19.8 Å². The van der Waals surface area contributed by atoms with E-state index in [0.29, 0.717) is 6.54 Å². The standard InChI is InChI=1S/C12H17N3O2/c1-9-6-11(14-8-13-9)15-5-3-4-10(7-15)12(16)17-2/h6,8,10H,3-5,7H2,1-2H3. The number of aryl methyl sites for hydroxylation is 1. The molecule has 1 aromatic heterocycles. The van der Waals surface area contributed by atoms with Crippen LogP contribution in [0, 0.1) is 12.8 Å². The lowest BCUT2D eigenvalue weighted by atomic mass is 9.98. The van der Waals surface area contributed by atoms with Crippen LogP contribution in [0.15, 0.2) is 12.4 Å². The maximum atomic E-state index is 11.5. The number of nitrogens with zero attached hydrogens (tertiary/aromatic N) is 3. The quantitative estimate of drug-likeness (QED) is 0.720. The van der Waals surface area contributed by atoms with Gasteiger partial charge >= 0.3 is 5.97 Å². The van der Waals surface area contributed by atoms with Crippen LogP contribution in [0.2, 0.25) is 0 Å². The Morgan fingerprint density at radius 2 is 2.35 bits per heavy atom. The topological polar surface area (TPSA) is 55.3 Å². The third-order valence-corrected chi connectivity index (χ3v) is 3.07. The molecule has 0 aliphatic carbocycles. The maximum absolute atomic E-state index is 11.5. The zero-order chi connectivity index (χ0) is 12.3. The van der Waals surface area contributed by atoms with Crippen molar-refractivity contribution in [2.24, 2.45) is 5.92 Å². The minimum Gasteiger partial charge on any atom is -0.469 e. The lowest BCUT2D eigenvalue weighted by molar-refractivity contribution is -0.145. The predicted molar refractivity (Wildman–Crippen MR) is 63.7 cm³/mol. The van der Waals surface area contributed by atoms with Crippen molar-refractivity contribution in [1.29, 1.82) is 0 Å². The first kappa shape index (κ1) is 11.8. The van der Waals surface area contributed by atoms with Crippen LogP contribution in [0.3, 0.4) is 0 Å². The van der Waals surface area contributed by atoms with E-state index < -0.39 is 0 Å². The number of carbonyl (C=O) groups is 1. The van der Waals surface area contributed by atoms with Gasteiger partial charge < -0.3 is 9.64 Å². The van der Waals surface area contributed by atoms with E-state index >= 15 is 0 Å². The summed E-state index contributed by atoms with van der Waals surface area (Å²) in [7, 11) is 1.44. The minimum atomic E-state index is -0.125. The van der Waals surface area contributed by atoms with Crippen molar-refractivity contribution in [1.82, 2.24) is 9.97 Å².